The quantitative estimate of drug-likeness (QED) is 0.0574. The van der Waals surface area contributed by atoms with Gasteiger partial charge in [0.25, 0.3) is 0 Å². The van der Waals surface area contributed by atoms with E-state index in [1.54, 1.807) is 142 Å². The number of hydrogen-bond acceptors (Lipinski definition) is 15. The maximum Gasteiger partial charge on any atom is 0.243 e. The topological polar surface area (TPSA) is 234 Å². The van der Waals surface area contributed by atoms with Crippen LogP contribution in [0.4, 0.5) is 0 Å². The summed E-state index contributed by atoms with van der Waals surface area (Å²) in [6.45, 7) is 20.7. The Balaban J connectivity index is 0.000000181. The highest BCUT2D eigenvalue weighted by atomic mass is 32.2. The van der Waals surface area contributed by atoms with E-state index in [1.165, 1.54) is 22.8 Å². The summed E-state index contributed by atoms with van der Waals surface area (Å²) < 4.78 is 173. The fourth-order valence-corrected chi connectivity index (χ4v) is 23.5. The van der Waals surface area contributed by atoms with E-state index in [2.05, 4.69) is 62.9 Å². The van der Waals surface area contributed by atoms with Gasteiger partial charge in [-0.3, -0.25) is 14.7 Å². The van der Waals surface area contributed by atoms with Crippen molar-refractivity contribution in [3.63, 3.8) is 0 Å². The van der Waals surface area contributed by atoms with Crippen molar-refractivity contribution in [3.8, 4) is 11.8 Å². The van der Waals surface area contributed by atoms with Crippen LogP contribution in [0.1, 0.15) is 99.7 Å². The summed E-state index contributed by atoms with van der Waals surface area (Å²) in [6, 6.07) is 79.5. The van der Waals surface area contributed by atoms with Crippen LogP contribution in [0.2, 0.25) is 0 Å². The van der Waals surface area contributed by atoms with Crippen molar-refractivity contribution in [1.82, 2.24) is 40.5 Å². The summed E-state index contributed by atoms with van der Waals surface area (Å²) in [4.78, 5) is 8.42. The number of rotatable bonds is 18. The van der Waals surface area contributed by atoms with Crippen molar-refractivity contribution in [3.05, 3.63) is 334 Å². The van der Waals surface area contributed by atoms with Gasteiger partial charge in [-0.1, -0.05) is 245 Å². The van der Waals surface area contributed by atoms with Crippen molar-refractivity contribution >= 4 is 60.1 Å². The molecular weight excluding hydrogens is 1680 g/mol. The van der Waals surface area contributed by atoms with E-state index in [1.807, 2.05) is 145 Å². The average molecular weight is 1790 g/mol. The minimum Gasteiger partial charge on any atom is -0.299 e. The molecule has 4 aliphatic rings. The molecular formula is C97H117N9O12S6. The molecule has 0 atom stereocenters. The number of aryl methyl sites for hydroxylation is 6. The predicted molar refractivity (Wildman–Crippen MR) is 494 cm³/mol. The van der Waals surface area contributed by atoms with Crippen molar-refractivity contribution in [1.29, 1.82) is 0 Å². The zero-order chi connectivity index (χ0) is 88.3. The van der Waals surface area contributed by atoms with E-state index >= 15 is 0 Å². The van der Waals surface area contributed by atoms with Gasteiger partial charge < -0.3 is 0 Å². The molecule has 0 aromatic heterocycles. The summed E-state index contributed by atoms with van der Waals surface area (Å²) in [6.07, 6.45) is 7.40. The summed E-state index contributed by atoms with van der Waals surface area (Å²) in [7, 11) is -22.4. The summed E-state index contributed by atoms with van der Waals surface area (Å²) in [5, 5.41) is 0. The van der Waals surface area contributed by atoms with Crippen LogP contribution in [0.15, 0.2) is 302 Å². The summed E-state index contributed by atoms with van der Waals surface area (Å²) in [5.74, 6) is 5.90. The molecule has 0 unspecified atom stereocenters. The second-order valence-electron chi connectivity index (χ2n) is 32.0. The van der Waals surface area contributed by atoms with Crippen LogP contribution in [0, 0.1) is 53.4 Å². The molecule has 0 N–H and O–H groups in total. The second kappa shape index (κ2) is 45.3. The fraction of sp³-hybridized carbons (Fsp3) is 0.340. The average Bonchev–Trinajstić information content (AvgIpc) is 0.806. The van der Waals surface area contributed by atoms with E-state index in [4.69, 9.17) is 0 Å². The van der Waals surface area contributed by atoms with E-state index in [0.29, 0.717) is 137 Å². The molecule has 27 heteroatoms. The number of hydrogen-bond donors (Lipinski definition) is 0. The zero-order valence-corrected chi connectivity index (χ0v) is 76.8. The molecule has 0 spiro atoms. The van der Waals surface area contributed by atoms with Gasteiger partial charge in [-0.2, -0.15) is 25.8 Å². The lowest BCUT2D eigenvalue weighted by Gasteiger charge is -2.27. The molecule has 124 heavy (non-hydrogen) atoms. The first kappa shape index (κ1) is 95.5. The van der Waals surface area contributed by atoms with Crippen LogP contribution in [0.3, 0.4) is 0 Å². The molecule has 4 aliphatic heterocycles. The minimum absolute atomic E-state index is 0.00663. The Kier molecular flexibility index (Phi) is 34.9. The number of sulfonamides is 6. The highest BCUT2D eigenvalue weighted by Crippen LogP contribution is 2.28. The molecule has 0 amide bonds. The standard InChI is InChI=1S/C35H41N3O4S2.C31H39N3O4S2.C31H37N3O4S2/c1-29-10-18-34(19-11-29)43(39,40)37-24-6-22-36(26-31-8-4-3-5-9-31)23-7-25-38(28-33-16-14-32(27-37)15-17-33)44(41,42)35-20-12-30(2)13-21-35;2*1-27-12-16-30(17-13-27)39(35,36)33-22-6-7-23-34(40(37,38)31-18-14-28(2)15-19-31)25-9-21-32(20-8-24-33)26-29-10-4-3-5-11-29/h3-5,8-21H,6-7,22-28H2,1-2H3;3-7,10-19H,8-9,20-26H2,1-2H3;3-5,10-19H,8-9,20-26H2,1-2H3/b;7-6-;. The van der Waals surface area contributed by atoms with Crippen LogP contribution in [0.5, 0.6) is 0 Å². The largest absolute Gasteiger partial charge is 0.299 e. The van der Waals surface area contributed by atoms with Gasteiger partial charge in [-0.15, -0.1) is 0 Å². The fourth-order valence-electron chi connectivity index (χ4n) is 14.9. The van der Waals surface area contributed by atoms with Crippen molar-refractivity contribution in [2.75, 3.05) is 105 Å². The van der Waals surface area contributed by atoms with Gasteiger partial charge in [0.1, 0.15) is 0 Å². The van der Waals surface area contributed by atoms with E-state index in [9.17, 15) is 50.5 Å². The lowest BCUT2D eigenvalue weighted by molar-refractivity contribution is 0.239. The lowest BCUT2D eigenvalue weighted by atomic mass is 10.1. The normalized spacial score (nSPS) is 17.4. The van der Waals surface area contributed by atoms with Gasteiger partial charge in [-0.05, 0) is 220 Å². The first-order valence-electron chi connectivity index (χ1n) is 42.3. The Morgan fingerprint density at radius 2 is 0.419 bits per heavy atom. The smallest absolute Gasteiger partial charge is 0.243 e. The molecule has 0 saturated heterocycles. The summed E-state index contributed by atoms with van der Waals surface area (Å²) >= 11 is 0. The van der Waals surface area contributed by atoms with E-state index in [-0.39, 0.29) is 68.6 Å². The highest BCUT2D eigenvalue weighted by molar-refractivity contribution is 7.90. The van der Waals surface area contributed by atoms with Gasteiger partial charge in [0.05, 0.1) is 42.5 Å². The van der Waals surface area contributed by atoms with Gasteiger partial charge in [0.15, 0.2) is 0 Å². The van der Waals surface area contributed by atoms with Crippen LogP contribution in [0.25, 0.3) is 0 Å². The Labute approximate surface area is 738 Å². The molecule has 10 aromatic rings. The molecule has 0 saturated carbocycles. The van der Waals surface area contributed by atoms with Crippen molar-refractivity contribution in [2.24, 2.45) is 0 Å². The number of fused-ring (bicyclic) bond motifs is 12. The maximum absolute atomic E-state index is 13.8. The Bertz CT molecular complexity index is 5550. The molecule has 658 valence electrons. The van der Waals surface area contributed by atoms with Gasteiger partial charge in [0, 0.05) is 85.1 Å². The minimum atomic E-state index is -3.76. The third kappa shape index (κ3) is 27.4. The van der Waals surface area contributed by atoms with Crippen LogP contribution in [-0.4, -0.2) is 196 Å². The first-order chi connectivity index (χ1) is 59.4. The molecule has 0 aliphatic carbocycles. The van der Waals surface area contributed by atoms with Gasteiger partial charge in [0.2, 0.25) is 60.1 Å². The molecule has 0 radical (unpaired) electrons. The monoisotopic (exact) mass is 1790 g/mol. The third-order valence-corrected chi connectivity index (χ3v) is 33.3. The van der Waals surface area contributed by atoms with E-state index in [0.717, 1.165) is 55.6 Å². The first-order valence-corrected chi connectivity index (χ1v) is 51.0. The van der Waals surface area contributed by atoms with Gasteiger partial charge in [-0.25, -0.2) is 50.5 Å². The second-order valence-corrected chi connectivity index (χ2v) is 43.6. The maximum atomic E-state index is 13.8. The Hall–Kier alpha value is -9.16. The highest BCUT2D eigenvalue weighted by Gasteiger charge is 2.32. The van der Waals surface area contributed by atoms with Crippen LogP contribution in [-0.2, 0) is 92.9 Å². The van der Waals surface area contributed by atoms with Crippen molar-refractivity contribution in [2.45, 2.75) is 142 Å². The third-order valence-electron chi connectivity index (χ3n) is 22.2. The molecule has 4 heterocycles. The van der Waals surface area contributed by atoms with E-state index < -0.39 is 60.1 Å². The molecule has 14 rings (SSSR count). The Morgan fingerprint density at radius 3 is 0.645 bits per heavy atom. The molecule has 2 bridgehead atoms. The zero-order valence-electron chi connectivity index (χ0n) is 71.9. The molecule has 21 nitrogen and oxygen atoms in total. The van der Waals surface area contributed by atoms with Crippen LogP contribution >= 0.6 is 0 Å². The number of benzene rings is 10. The molecule has 10 aromatic carbocycles. The SMILES string of the molecule is Cc1ccc(S(=O)(=O)N2C/C=C\CN(S(=O)(=O)c3ccc(C)cc3)CCCN(Cc3ccccc3)CCC2)cc1.Cc1ccc(S(=O)(=O)N2CC#CCN(S(=O)(=O)c3ccc(C)cc3)CCCN(Cc3ccccc3)CCC2)cc1.Cc1ccc(S(=O)(=O)N2CCCN(Cc3ccccc3)CCCN(S(=O)(=O)c3ccc(C)cc3)Cc3ccc(cc3)C2)cc1. The molecule has 0 fully saturated rings. The lowest BCUT2D eigenvalue weighted by Crippen LogP contribution is -2.36. The summed E-state index contributed by atoms with van der Waals surface area (Å²) in [5.41, 5.74) is 11.2. The van der Waals surface area contributed by atoms with Gasteiger partial charge >= 0.3 is 0 Å². The number of nitrogens with zero attached hydrogens (tertiary/aromatic N) is 9. The van der Waals surface area contributed by atoms with Crippen molar-refractivity contribution < 1.29 is 50.5 Å². The predicted octanol–water partition coefficient (Wildman–Crippen LogP) is 15.1. The van der Waals surface area contributed by atoms with Crippen LogP contribution < -0.4 is 0 Å². The Morgan fingerprint density at radius 1 is 0.226 bits per heavy atom.